The zero-order chi connectivity index (χ0) is 12.4. The molecule has 1 heterocycles. The Balaban J connectivity index is 2.31. The van der Waals surface area contributed by atoms with Gasteiger partial charge in [0.15, 0.2) is 0 Å². The molecule has 17 heavy (non-hydrogen) atoms. The van der Waals surface area contributed by atoms with Crippen molar-refractivity contribution in [3.05, 3.63) is 29.6 Å². The van der Waals surface area contributed by atoms with Crippen LogP contribution in [0.5, 0.6) is 0 Å². The SMILES string of the molecule is CNCc1cccc(F)c1N1CC(C)C(C)C1. The van der Waals surface area contributed by atoms with Gasteiger partial charge in [-0.1, -0.05) is 26.0 Å². The van der Waals surface area contributed by atoms with Crippen molar-refractivity contribution in [2.75, 3.05) is 25.0 Å². The molecule has 0 saturated carbocycles. The smallest absolute Gasteiger partial charge is 0.146 e. The third-order valence-corrected chi connectivity index (χ3v) is 3.74. The maximum absolute atomic E-state index is 14.0. The largest absolute Gasteiger partial charge is 0.368 e. The number of hydrogen-bond acceptors (Lipinski definition) is 2. The standard InChI is InChI=1S/C14H21FN2/c1-10-8-17(9-11(10)2)14-12(7-16-3)5-4-6-13(14)15/h4-6,10-11,16H,7-9H2,1-3H3. The lowest BCUT2D eigenvalue weighted by Crippen LogP contribution is -2.23. The molecule has 1 aromatic carbocycles. The van der Waals surface area contributed by atoms with E-state index in [1.807, 2.05) is 13.1 Å². The molecule has 1 fully saturated rings. The van der Waals surface area contributed by atoms with Crippen molar-refractivity contribution < 1.29 is 4.39 Å². The van der Waals surface area contributed by atoms with Gasteiger partial charge in [0.05, 0.1) is 5.69 Å². The molecule has 2 atom stereocenters. The van der Waals surface area contributed by atoms with E-state index in [2.05, 4.69) is 24.1 Å². The number of hydrogen-bond donors (Lipinski definition) is 1. The monoisotopic (exact) mass is 236 g/mol. The molecule has 0 aromatic heterocycles. The fourth-order valence-electron chi connectivity index (χ4n) is 2.56. The van der Waals surface area contributed by atoms with Gasteiger partial charge in [-0.05, 0) is 30.5 Å². The Kier molecular flexibility index (Phi) is 3.67. The van der Waals surface area contributed by atoms with Gasteiger partial charge in [-0.3, -0.25) is 0 Å². The molecule has 1 aliphatic heterocycles. The highest BCUT2D eigenvalue weighted by molar-refractivity contribution is 5.55. The molecule has 3 heteroatoms. The van der Waals surface area contributed by atoms with Crippen LogP contribution in [-0.4, -0.2) is 20.1 Å². The lowest BCUT2D eigenvalue weighted by molar-refractivity contribution is 0.494. The van der Waals surface area contributed by atoms with Gasteiger partial charge in [0.1, 0.15) is 5.82 Å². The maximum Gasteiger partial charge on any atom is 0.146 e. The summed E-state index contributed by atoms with van der Waals surface area (Å²) >= 11 is 0. The lowest BCUT2D eigenvalue weighted by Gasteiger charge is -2.22. The average Bonchev–Trinajstić information content (AvgIpc) is 2.59. The van der Waals surface area contributed by atoms with Crippen molar-refractivity contribution >= 4 is 5.69 Å². The van der Waals surface area contributed by atoms with Gasteiger partial charge in [0.2, 0.25) is 0 Å². The van der Waals surface area contributed by atoms with Gasteiger partial charge in [0.25, 0.3) is 0 Å². The summed E-state index contributed by atoms with van der Waals surface area (Å²) in [5, 5.41) is 3.10. The van der Waals surface area contributed by atoms with Crippen LogP contribution < -0.4 is 10.2 Å². The molecule has 0 bridgehead atoms. The minimum atomic E-state index is -0.0981. The van der Waals surface area contributed by atoms with Crippen molar-refractivity contribution in [2.24, 2.45) is 11.8 Å². The van der Waals surface area contributed by atoms with Crippen molar-refractivity contribution in [1.29, 1.82) is 0 Å². The Hall–Kier alpha value is -1.09. The normalized spacial score (nSPS) is 24.4. The van der Waals surface area contributed by atoms with E-state index < -0.39 is 0 Å². The lowest BCUT2D eigenvalue weighted by atomic mass is 10.0. The molecule has 0 radical (unpaired) electrons. The zero-order valence-electron chi connectivity index (χ0n) is 10.8. The minimum Gasteiger partial charge on any atom is -0.368 e. The van der Waals surface area contributed by atoms with Crippen LogP contribution in [0.2, 0.25) is 0 Å². The topological polar surface area (TPSA) is 15.3 Å². The van der Waals surface area contributed by atoms with Gasteiger partial charge in [-0.15, -0.1) is 0 Å². The highest BCUT2D eigenvalue weighted by Gasteiger charge is 2.28. The molecule has 0 aliphatic carbocycles. The van der Waals surface area contributed by atoms with Gasteiger partial charge in [0, 0.05) is 19.6 Å². The Labute approximate surface area is 103 Å². The first-order chi connectivity index (χ1) is 8.13. The molecule has 2 nitrogen and oxygen atoms in total. The molecular formula is C14H21FN2. The third-order valence-electron chi connectivity index (χ3n) is 3.74. The number of halogens is 1. The van der Waals surface area contributed by atoms with E-state index in [1.165, 1.54) is 0 Å². The van der Waals surface area contributed by atoms with E-state index in [4.69, 9.17) is 0 Å². The van der Waals surface area contributed by atoms with E-state index in [9.17, 15) is 4.39 Å². The molecule has 94 valence electrons. The van der Waals surface area contributed by atoms with Crippen molar-refractivity contribution in [1.82, 2.24) is 5.32 Å². The van der Waals surface area contributed by atoms with Crippen LogP contribution in [0.4, 0.5) is 10.1 Å². The fourth-order valence-corrected chi connectivity index (χ4v) is 2.56. The summed E-state index contributed by atoms with van der Waals surface area (Å²) in [5.41, 5.74) is 1.84. The molecule has 1 aliphatic rings. The summed E-state index contributed by atoms with van der Waals surface area (Å²) in [6.07, 6.45) is 0. The van der Waals surface area contributed by atoms with Gasteiger partial charge in [-0.2, -0.15) is 0 Å². The van der Waals surface area contributed by atoms with E-state index in [0.717, 1.165) is 24.3 Å². The number of nitrogens with one attached hydrogen (secondary N) is 1. The first-order valence-corrected chi connectivity index (χ1v) is 6.30. The van der Waals surface area contributed by atoms with E-state index in [1.54, 1.807) is 12.1 Å². The number of nitrogens with zero attached hydrogens (tertiary/aromatic N) is 1. The highest BCUT2D eigenvalue weighted by Crippen LogP contribution is 2.32. The molecule has 1 aromatic rings. The molecule has 2 rings (SSSR count). The molecule has 1 N–H and O–H groups in total. The summed E-state index contributed by atoms with van der Waals surface area (Å²) in [6.45, 7) is 7.11. The van der Waals surface area contributed by atoms with Crippen LogP contribution in [0.3, 0.4) is 0 Å². The van der Waals surface area contributed by atoms with Crippen molar-refractivity contribution in [3.63, 3.8) is 0 Å². The number of benzene rings is 1. The summed E-state index contributed by atoms with van der Waals surface area (Å²) in [7, 11) is 1.89. The second-order valence-electron chi connectivity index (χ2n) is 5.14. The molecule has 0 spiro atoms. The van der Waals surface area contributed by atoms with Gasteiger partial charge in [-0.25, -0.2) is 4.39 Å². The summed E-state index contributed by atoms with van der Waals surface area (Å²) < 4.78 is 14.0. The van der Waals surface area contributed by atoms with Gasteiger partial charge < -0.3 is 10.2 Å². The summed E-state index contributed by atoms with van der Waals surface area (Å²) in [5.74, 6) is 1.17. The number of para-hydroxylation sites is 1. The predicted octanol–water partition coefficient (Wildman–Crippen LogP) is 2.64. The van der Waals surface area contributed by atoms with E-state index >= 15 is 0 Å². The molecule has 1 saturated heterocycles. The van der Waals surface area contributed by atoms with Crippen LogP contribution in [-0.2, 0) is 6.54 Å². The highest BCUT2D eigenvalue weighted by atomic mass is 19.1. The van der Waals surface area contributed by atoms with Crippen LogP contribution in [0.1, 0.15) is 19.4 Å². The maximum atomic E-state index is 14.0. The van der Waals surface area contributed by atoms with Crippen molar-refractivity contribution in [3.8, 4) is 0 Å². The Morgan fingerprint density at radius 1 is 1.29 bits per heavy atom. The molecule has 0 amide bonds. The summed E-state index contributed by atoms with van der Waals surface area (Å²) in [4.78, 5) is 2.19. The Bertz CT molecular complexity index is 382. The molecular weight excluding hydrogens is 215 g/mol. The first kappa shape index (κ1) is 12.4. The zero-order valence-corrected chi connectivity index (χ0v) is 10.8. The molecule has 2 unspecified atom stereocenters. The van der Waals surface area contributed by atoms with Crippen LogP contribution >= 0.6 is 0 Å². The van der Waals surface area contributed by atoms with Crippen LogP contribution in [0.25, 0.3) is 0 Å². The second-order valence-corrected chi connectivity index (χ2v) is 5.14. The van der Waals surface area contributed by atoms with E-state index in [0.29, 0.717) is 18.4 Å². The van der Waals surface area contributed by atoms with E-state index in [-0.39, 0.29) is 5.82 Å². The summed E-state index contributed by atoms with van der Waals surface area (Å²) in [6, 6.07) is 5.35. The fraction of sp³-hybridized carbons (Fsp3) is 0.571. The second kappa shape index (κ2) is 5.05. The van der Waals surface area contributed by atoms with Crippen molar-refractivity contribution in [2.45, 2.75) is 20.4 Å². The number of rotatable bonds is 3. The van der Waals surface area contributed by atoms with Crippen LogP contribution in [0, 0.1) is 17.7 Å². The Morgan fingerprint density at radius 3 is 2.53 bits per heavy atom. The van der Waals surface area contributed by atoms with Crippen LogP contribution in [0.15, 0.2) is 18.2 Å². The number of anilines is 1. The average molecular weight is 236 g/mol. The predicted molar refractivity (Wildman–Crippen MR) is 69.7 cm³/mol. The quantitative estimate of drug-likeness (QED) is 0.868. The first-order valence-electron chi connectivity index (χ1n) is 6.30. The van der Waals surface area contributed by atoms with Gasteiger partial charge >= 0.3 is 0 Å². The Morgan fingerprint density at radius 2 is 1.94 bits per heavy atom. The third kappa shape index (κ3) is 2.44. The minimum absolute atomic E-state index is 0.0981.